The number of fused-ring (bicyclic) bond motifs is 1. The first-order chi connectivity index (χ1) is 18.9. The molecular weight excluding hydrogens is 523 g/mol. The van der Waals surface area contributed by atoms with Gasteiger partial charge in [0.25, 0.3) is 5.91 Å². The zero-order valence-corrected chi connectivity index (χ0v) is 22.5. The third-order valence-electron chi connectivity index (χ3n) is 7.75. The number of rotatable bonds is 4. The molecular formula is C28H30F3N7O2. The molecule has 0 radical (unpaired) electrons. The van der Waals surface area contributed by atoms with Gasteiger partial charge in [-0.15, -0.1) is 0 Å². The molecule has 5 rings (SSSR count). The van der Waals surface area contributed by atoms with Gasteiger partial charge in [-0.3, -0.25) is 10.1 Å². The fourth-order valence-corrected chi connectivity index (χ4v) is 5.38. The van der Waals surface area contributed by atoms with E-state index >= 15 is 0 Å². The maximum Gasteiger partial charge on any atom is 0.417 e. The molecule has 2 aliphatic rings. The molecule has 1 amide bonds. The summed E-state index contributed by atoms with van der Waals surface area (Å²) in [5.74, 6) is 0.972. The maximum atomic E-state index is 13.5. The fourth-order valence-electron chi connectivity index (χ4n) is 5.38. The monoisotopic (exact) mass is 553 g/mol. The van der Waals surface area contributed by atoms with E-state index in [1.807, 2.05) is 0 Å². The number of nitrogens with zero attached hydrogens (tertiary/aromatic N) is 6. The molecule has 3 aromatic rings. The van der Waals surface area contributed by atoms with Crippen LogP contribution in [0.1, 0.15) is 66.6 Å². The molecule has 0 aliphatic carbocycles. The van der Waals surface area contributed by atoms with Crippen molar-refractivity contribution in [2.24, 2.45) is 11.3 Å². The van der Waals surface area contributed by atoms with Gasteiger partial charge in [0.2, 0.25) is 5.76 Å². The Morgan fingerprint density at radius 2 is 1.88 bits per heavy atom. The fraction of sp³-hybridized carbons (Fsp3) is 0.464. The topological polar surface area (TPSA) is 111 Å². The summed E-state index contributed by atoms with van der Waals surface area (Å²) in [5, 5.41) is 12.1. The van der Waals surface area contributed by atoms with Crippen LogP contribution in [0.5, 0.6) is 0 Å². The van der Waals surface area contributed by atoms with Crippen LogP contribution in [-0.4, -0.2) is 45.4 Å². The molecule has 9 nitrogen and oxygen atoms in total. The number of anilines is 3. The Bertz CT molecular complexity index is 1450. The number of likely N-dealkylation sites (tertiary alicyclic amines) is 1. The molecule has 0 atom stereocenters. The van der Waals surface area contributed by atoms with E-state index < -0.39 is 17.3 Å². The number of oxazole rings is 1. The van der Waals surface area contributed by atoms with E-state index in [1.165, 1.54) is 24.7 Å². The molecule has 1 fully saturated rings. The number of amides is 1. The summed E-state index contributed by atoms with van der Waals surface area (Å²) in [6.45, 7) is 8.69. The summed E-state index contributed by atoms with van der Waals surface area (Å²) in [6.07, 6.45) is 0.470. The minimum atomic E-state index is -4.63. The van der Waals surface area contributed by atoms with Crippen LogP contribution in [-0.2, 0) is 19.1 Å². The zero-order valence-electron chi connectivity index (χ0n) is 22.5. The molecule has 1 N–H and O–H groups in total. The molecule has 40 heavy (non-hydrogen) atoms. The minimum absolute atomic E-state index is 0.123. The number of piperidine rings is 1. The van der Waals surface area contributed by atoms with Crippen molar-refractivity contribution in [3.63, 3.8) is 0 Å². The molecule has 0 saturated carbocycles. The number of aromatic nitrogens is 3. The molecule has 210 valence electrons. The van der Waals surface area contributed by atoms with E-state index in [-0.39, 0.29) is 29.6 Å². The summed E-state index contributed by atoms with van der Waals surface area (Å²) in [5.41, 5.74) is 0.620. The van der Waals surface area contributed by atoms with E-state index in [4.69, 9.17) is 9.68 Å². The summed E-state index contributed by atoms with van der Waals surface area (Å²) >= 11 is 0. The van der Waals surface area contributed by atoms with Crippen LogP contribution in [0, 0.1) is 22.7 Å². The largest absolute Gasteiger partial charge is 0.418 e. The highest BCUT2D eigenvalue weighted by molar-refractivity contribution is 5.91. The average Bonchev–Trinajstić information content (AvgIpc) is 3.40. The number of nitrogens with one attached hydrogen (secondary N) is 1. The van der Waals surface area contributed by atoms with Gasteiger partial charge in [-0.05, 0) is 48.8 Å². The number of halogens is 3. The second kappa shape index (κ2) is 10.4. The van der Waals surface area contributed by atoms with Crippen LogP contribution < -0.4 is 10.2 Å². The lowest BCUT2D eigenvalue weighted by atomic mass is 9.75. The maximum absolute atomic E-state index is 13.5. The second-order valence-electron chi connectivity index (χ2n) is 11.2. The molecule has 2 aliphatic heterocycles. The number of benzene rings is 1. The molecule has 1 saturated heterocycles. The van der Waals surface area contributed by atoms with Gasteiger partial charge in [0, 0.05) is 30.9 Å². The molecule has 0 unspecified atom stereocenters. The van der Waals surface area contributed by atoms with Crippen molar-refractivity contribution < 1.29 is 22.4 Å². The first-order valence-corrected chi connectivity index (χ1v) is 13.1. The van der Waals surface area contributed by atoms with Crippen LogP contribution in [0.3, 0.4) is 0 Å². The summed E-state index contributed by atoms with van der Waals surface area (Å²) < 4.78 is 46.1. The first-order valence-electron chi connectivity index (χ1n) is 13.1. The Morgan fingerprint density at radius 3 is 2.55 bits per heavy atom. The number of hydrogen-bond acceptors (Lipinski definition) is 8. The van der Waals surface area contributed by atoms with E-state index in [9.17, 15) is 18.0 Å². The predicted octanol–water partition coefficient (Wildman–Crippen LogP) is 5.56. The Hall–Kier alpha value is -4.14. The minimum Gasteiger partial charge on any atom is -0.418 e. The Kier molecular flexibility index (Phi) is 7.16. The lowest BCUT2D eigenvalue weighted by Gasteiger charge is -2.38. The summed E-state index contributed by atoms with van der Waals surface area (Å²) in [4.78, 5) is 29.4. The van der Waals surface area contributed by atoms with Crippen molar-refractivity contribution in [3.8, 4) is 6.07 Å². The van der Waals surface area contributed by atoms with Gasteiger partial charge in [0.05, 0.1) is 35.6 Å². The van der Waals surface area contributed by atoms with E-state index in [1.54, 1.807) is 15.9 Å². The van der Waals surface area contributed by atoms with Crippen molar-refractivity contribution in [1.29, 1.82) is 5.26 Å². The highest BCUT2D eigenvalue weighted by Gasteiger charge is 2.35. The number of carbonyl (C=O) groups excluding carboxylic acids is 1. The van der Waals surface area contributed by atoms with Gasteiger partial charge < -0.3 is 14.2 Å². The molecule has 4 heterocycles. The normalized spacial score (nSPS) is 16.4. The lowest BCUT2D eigenvalue weighted by molar-refractivity contribution is -0.137. The van der Waals surface area contributed by atoms with Gasteiger partial charge in [-0.25, -0.2) is 15.0 Å². The highest BCUT2D eigenvalue weighted by atomic mass is 19.4. The predicted molar refractivity (Wildman–Crippen MR) is 141 cm³/mol. The standard InChI is InChI=1S/C28H30F3N7O2/c1-27(2,3)18-6-9-37(10-7-18)25(39)23-14-33-26(40-23)36-24-20-8-11-38(15-22(20)34-16-35-24)19-5-4-17(13-32)21(12-19)28(29,30)31/h4-5,12,14,16,18H,6-11,15H2,1-3H3,(H,33,34,35,36). The van der Waals surface area contributed by atoms with Crippen LogP contribution in [0.25, 0.3) is 0 Å². The highest BCUT2D eigenvalue weighted by Crippen LogP contribution is 2.37. The third kappa shape index (κ3) is 5.59. The smallest absolute Gasteiger partial charge is 0.417 e. The van der Waals surface area contributed by atoms with E-state index in [2.05, 4.69) is 41.0 Å². The number of hydrogen-bond donors (Lipinski definition) is 1. The van der Waals surface area contributed by atoms with Crippen LogP contribution in [0.2, 0.25) is 0 Å². The summed E-state index contributed by atoms with van der Waals surface area (Å²) in [6, 6.07) is 5.43. The van der Waals surface area contributed by atoms with Crippen LogP contribution in [0.4, 0.5) is 30.7 Å². The number of carbonyl (C=O) groups is 1. The van der Waals surface area contributed by atoms with Crippen molar-refractivity contribution in [2.45, 2.75) is 52.8 Å². The molecule has 0 bridgehead atoms. The average molecular weight is 554 g/mol. The van der Waals surface area contributed by atoms with E-state index in [0.717, 1.165) is 24.5 Å². The summed E-state index contributed by atoms with van der Waals surface area (Å²) in [7, 11) is 0. The number of alkyl halides is 3. The molecule has 0 spiro atoms. The third-order valence-corrected chi connectivity index (χ3v) is 7.75. The SMILES string of the molecule is CC(C)(C)C1CCN(C(=O)c2cnc(Nc3ncnc4c3CCN(c3ccc(C#N)c(C(F)(F)F)c3)C4)o2)CC1. The van der Waals surface area contributed by atoms with Gasteiger partial charge in [0.15, 0.2) is 0 Å². The van der Waals surface area contributed by atoms with Gasteiger partial charge in [-0.1, -0.05) is 20.8 Å². The van der Waals surface area contributed by atoms with Crippen LogP contribution in [0.15, 0.2) is 35.1 Å². The first kappa shape index (κ1) is 27.4. The Labute approximate surface area is 230 Å². The van der Waals surface area contributed by atoms with Gasteiger partial charge in [-0.2, -0.15) is 18.4 Å². The molecule has 1 aromatic carbocycles. The lowest BCUT2D eigenvalue weighted by Crippen LogP contribution is -2.41. The van der Waals surface area contributed by atoms with Crippen LogP contribution >= 0.6 is 0 Å². The second-order valence-corrected chi connectivity index (χ2v) is 11.2. The quantitative estimate of drug-likeness (QED) is 0.447. The Morgan fingerprint density at radius 1 is 1.12 bits per heavy atom. The van der Waals surface area contributed by atoms with E-state index in [0.29, 0.717) is 49.2 Å². The Balaban J connectivity index is 1.27. The zero-order chi connectivity index (χ0) is 28.7. The number of nitriles is 1. The van der Waals surface area contributed by atoms with Gasteiger partial charge >= 0.3 is 12.2 Å². The van der Waals surface area contributed by atoms with Gasteiger partial charge in [0.1, 0.15) is 12.1 Å². The van der Waals surface area contributed by atoms with Crippen molar-refractivity contribution in [3.05, 3.63) is 58.9 Å². The molecule has 12 heteroatoms. The van der Waals surface area contributed by atoms with Crippen molar-refractivity contribution in [1.82, 2.24) is 19.9 Å². The van der Waals surface area contributed by atoms with Crippen molar-refractivity contribution in [2.75, 3.05) is 29.9 Å². The molecule has 2 aromatic heterocycles. The van der Waals surface area contributed by atoms with Crippen molar-refractivity contribution >= 4 is 23.4 Å².